The van der Waals surface area contributed by atoms with Crippen LogP contribution in [0.3, 0.4) is 0 Å². The molecular formula is C9H8F4N2O3. The lowest BCUT2D eigenvalue weighted by Gasteiger charge is -2.12. The van der Waals surface area contributed by atoms with Crippen molar-refractivity contribution in [3.63, 3.8) is 0 Å². The lowest BCUT2D eigenvalue weighted by atomic mass is 10.2. The Morgan fingerprint density at radius 3 is 2.50 bits per heavy atom. The number of aliphatic hydroxyl groups excluding tert-OH is 1. The van der Waals surface area contributed by atoms with Gasteiger partial charge in [-0.05, 0) is 0 Å². The van der Waals surface area contributed by atoms with E-state index in [9.17, 15) is 27.7 Å². The van der Waals surface area contributed by atoms with Crippen molar-refractivity contribution in [2.24, 2.45) is 0 Å². The summed E-state index contributed by atoms with van der Waals surface area (Å²) in [6, 6.07) is 0.881. The number of nitrogens with zero attached hydrogens (tertiary/aromatic N) is 1. The Hall–Kier alpha value is -1.90. The molecule has 1 aromatic carbocycles. The van der Waals surface area contributed by atoms with E-state index in [2.05, 4.69) is 0 Å². The van der Waals surface area contributed by atoms with Gasteiger partial charge in [-0.1, -0.05) is 0 Å². The molecule has 0 amide bonds. The number of nitrogens with one attached hydrogen (secondary N) is 1. The molecule has 1 aromatic rings. The van der Waals surface area contributed by atoms with Crippen LogP contribution in [-0.2, 0) is 0 Å². The fraction of sp³-hybridized carbons (Fsp3) is 0.333. The van der Waals surface area contributed by atoms with E-state index in [4.69, 9.17) is 5.11 Å². The molecule has 2 N–H and O–H groups in total. The standard InChI is InChI=1S/C9H8F4N2O3/c10-4-1-5(11)8(15(17)18)6(2-4)14-3-7(16)9(12)13/h1-2,7,9,14,16H,3H2. The van der Waals surface area contributed by atoms with Crippen LogP contribution in [0.1, 0.15) is 0 Å². The van der Waals surface area contributed by atoms with Crippen molar-refractivity contribution in [1.29, 1.82) is 0 Å². The zero-order valence-corrected chi connectivity index (χ0v) is 8.74. The van der Waals surface area contributed by atoms with Crippen LogP contribution in [-0.4, -0.2) is 29.1 Å². The molecule has 0 aliphatic heterocycles. The molecule has 0 saturated heterocycles. The number of nitro groups is 1. The van der Waals surface area contributed by atoms with E-state index in [1.807, 2.05) is 5.32 Å². The largest absolute Gasteiger partial charge is 0.385 e. The number of benzene rings is 1. The highest BCUT2D eigenvalue weighted by atomic mass is 19.3. The molecule has 1 rings (SSSR count). The Morgan fingerprint density at radius 1 is 1.39 bits per heavy atom. The van der Waals surface area contributed by atoms with E-state index in [1.165, 1.54) is 0 Å². The second kappa shape index (κ2) is 5.63. The van der Waals surface area contributed by atoms with Crippen molar-refractivity contribution in [2.75, 3.05) is 11.9 Å². The van der Waals surface area contributed by atoms with Gasteiger partial charge in [-0.15, -0.1) is 0 Å². The van der Waals surface area contributed by atoms with Crippen molar-refractivity contribution in [3.05, 3.63) is 33.9 Å². The maximum atomic E-state index is 13.1. The van der Waals surface area contributed by atoms with Crippen LogP contribution in [0.4, 0.5) is 28.9 Å². The minimum atomic E-state index is -3.07. The summed E-state index contributed by atoms with van der Waals surface area (Å²) in [6.45, 7) is -0.776. The van der Waals surface area contributed by atoms with Crippen LogP contribution in [0.25, 0.3) is 0 Å². The van der Waals surface area contributed by atoms with Crippen molar-refractivity contribution in [3.8, 4) is 0 Å². The average molecular weight is 268 g/mol. The first-order valence-electron chi connectivity index (χ1n) is 4.66. The molecule has 0 aromatic heterocycles. The third kappa shape index (κ3) is 3.29. The van der Waals surface area contributed by atoms with E-state index in [0.717, 1.165) is 0 Å². The second-order valence-corrected chi connectivity index (χ2v) is 3.32. The highest BCUT2D eigenvalue weighted by Gasteiger charge is 2.24. The number of anilines is 1. The number of rotatable bonds is 5. The summed E-state index contributed by atoms with van der Waals surface area (Å²) in [6.07, 6.45) is -5.18. The zero-order chi connectivity index (χ0) is 13.9. The van der Waals surface area contributed by atoms with Gasteiger partial charge >= 0.3 is 5.69 Å². The predicted molar refractivity (Wildman–Crippen MR) is 53.5 cm³/mol. The van der Waals surface area contributed by atoms with Gasteiger partial charge in [-0.2, -0.15) is 4.39 Å². The first kappa shape index (κ1) is 14.2. The molecule has 18 heavy (non-hydrogen) atoms. The molecule has 0 aliphatic rings. The summed E-state index contributed by atoms with van der Waals surface area (Å²) in [7, 11) is 0. The Labute approximate surface area is 98.2 Å². The monoisotopic (exact) mass is 268 g/mol. The van der Waals surface area contributed by atoms with Gasteiger partial charge in [0.15, 0.2) is 0 Å². The molecule has 9 heteroatoms. The van der Waals surface area contributed by atoms with Crippen LogP contribution in [0, 0.1) is 21.7 Å². The molecule has 0 radical (unpaired) electrons. The van der Waals surface area contributed by atoms with Crippen molar-refractivity contribution >= 4 is 11.4 Å². The van der Waals surface area contributed by atoms with Gasteiger partial charge in [0.05, 0.1) is 4.92 Å². The summed E-state index contributed by atoms with van der Waals surface area (Å²) in [4.78, 5) is 9.41. The minimum Gasteiger partial charge on any atom is -0.385 e. The maximum absolute atomic E-state index is 13.1. The molecule has 0 spiro atoms. The van der Waals surface area contributed by atoms with E-state index in [0.29, 0.717) is 12.1 Å². The molecule has 1 unspecified atom stereocenters. The van der Waals surface area contributed by atoms with Crippen molar-refractivity contribution in [1.82, 2.24) is 0 Å². The van der Waals surface area contributed by atoms with E-state index < -0.39 is 47.0 Å². The van der Waals surface area contributed by atoms with Crippen molar-refractivity contribution in [2.45, 2.75) is 12.5 Å². The summed E-state index contributed by atoms with van der Waals surface area (Å²) in [5.41, 5.74) is -1.69. The Bertz CT molecular complexity index is 456. The van der Waals surface area contributed by atoms with Crippen LogP contribution in [0.5, 0.6) is 0 Å². The summed E-state index contributed by atoms with van der Waals surface area (Å²) in [5, 5.41) is 21.3. The Balaban J connectivity index is 2.97. The SMILES string of the molecule is O=[N+]([O-])c1c(F)cc(F)cc1NCC(O)C(F)F. The predicted octanol–water partition coefficient (Wildman–Crippen LogP) is 1.91. The van der Waals surface area contributed by atoms with E-state index in [1.54, 1.807) is 0 Å². The van der Waals surface area contributed by atoms with Crippen LogP contribution in [0.15, 0.2) is 12.1 Å². The van der Waals surface area contributed by atoms with Gasteiger partial charge in [0.25, 0.3) is 6.43 Å². The van der Waals surface area contributed by atoms with Crippen molar-refractivity contribution < 1.29 is 27.6 Å². The molecular weight excluding hydrogens is 260 g/mol. The third-order valence-corrected chi connectivity index (χ3v) is 2.00. The number of aliphatic hydroxyl groups is 1. The number of halogens is 4. The van der Waals surface area contributed by atoms with E-state index in [-0.39, 0.29) is 0 Å². The Morgan fingerprint density at radius 2 is 2.00 bits per heavy atom. The fourth-order valence-electron chi connectivity index (χ4n) is 1.19. The summed E-state index contributed by atoms with van der Waals surface area (Å²) in [5.74, 6) is -2.54. The first-order valence-corrected chi connectivity index (χ1v) is 4.66. The molecule has 0 fully saturated rings. The van der Waals surface area contributed by atoms with Gasteiger partial charge < -0.3 is 10.4 Å². The van der Waals surface area contributed by atoms with Gasteiger partial charge in [-0.3, -0.25) is 10.1 Å². The number of nitro benzene ring substituents is 1. The van der Waals surface area contributed by atoms with Gasteiger partial charge in [0, 0.05) is 18.7 Å². The maximum Gasteiger partial charge on any atom is 0.327 e. The first-order chi connectivity index (χ1) is 8.32. The normalized spacial score (nSPS) is 12.6. The molecule has 0 bridgehead atoms. The topological polar surface area (TPSA) is 75.4 Å². The molecule has 5 nitrogen and oxygen atoms in total. The number of hydrogen-bond donors (Lipinski definition) is 2. The van der Waals surface area contributed by atoms with Crippen LogP contribution < -0.4 is 5.32 Å². The molecule has 100 valence electrons. The summed E-state index contributed by atoms with van der Waals surface area (Å²) < 4.78 is 49.9. The van der Waals surface area contributed by atoms with Gasteiger partial charge in [0.1, 0.15) is 17.6 Å². The lowest BCUT2D eigenvalue weighted by molar-refractivity contribution is -0.386. The third-order valence-electron chi connectivity index (χ3n) is 2.00. The van der Waals surface area contributed by atoms with Crippen LogP contribution in [0.2, 0.25) is 0 Å². The highest BCUT2D eigenvalue weighted by Crippen LogP contribution is 2.28. The van der Waals surface area contributed by atoms with Gasteiger partial charge in [-0.25, -0.2) is 13.2 Å². The highest BCUT2D eigenvalue weighted by molar-refractivity contribution is 5.62. The quantitative estimate of drug-likeness (QED) is 0.486. The average Bonchev–Trinajstić information content (AvgIpc) is 2.23. The smallest absolute Gasteiger partial charge is 0.327 e. The fourth-order valence-corrected chi connectivity index (χ4v) is 1.19. The molecule has 0 heterocycles. The molecule has 0 saturated carbocycles. The zero-order valence-electron chi connectivity index (χ0n) is 8.74. The molecule has 1 atom stereocenters. The molecule has 0 aliphatic carbocycles. The number of hydrogen-bond acceptors (Lipinski definition) is 4. The Kier molecular flexibility index (Phi) is 4.43. The minimum absolute atomic E-state index is 0.298. The van der Waals surface area contributed by atoms with Gasteiger partial charge in [0.2, 0.25) is 5.82 Å². The van der Waals surface area contributed by atoms with E-state index >= 15 is 0 Å². The second-order valence-electron chi connectivity index (χ2n) is 3.32. The summed E-state index contributed by atoms with van der Waals surface area (Å²) >= 11 is 0. The lowest BCUT2D eigenvalue weighted by Crippen LogP contribution is -2.27. The number of alkyl halides is 2. The van der Waals surface area contributed by atoms with Crippen LogP contribution >= 0.6 is 0 Å².